The number of carbonyl (C=O) groups excluding carboxylic acids is 2. The van der Waals surface area contributed by atoms with Crippen molar-refractivity contribution in [3.63, 3.8) is 0 Å². The predicted molar refractivity (Wildman–Crippen MR) is 60.7 cm³/mol. The first-order chi connectivity index (χ1) is 7.54. The topological polar surface area (TPSA) is 49.4 Å². The van der Waals surface area contributed by atoms with Gasteiger partial charge < -0.3 is 10.2 Å². The number of rotatable bonds is 2. The maximum atomic E-state index is 12.1. The molecule has 0 aromatic carbocycles. The summed E-state index contributed by atoms with van der Waals surface area (Å²) in [5.74, 6) is 0.785. The number of piperazine rings is 1. The molecule has 0 aromatic rings. The number of hydrogen-bond acceptors (Lipinski definition) is 2. The monoisotopic (exact) mass is 224 g/mol. The van der Waals surface area contributed by atoms with Crippen LogP contribution >= 0.6 is 0 Å². The molecule has 1 N–H and O–H groups in total. The fraction of sp³-hybridized carbons (Fsp3) is 0.833. The molecule has 2 aliphatic rings. The van der Waals surface area contributed by atoms with E-state index in [-0.39, 0.29) is 23.9 Å². The Bertz CT molecular complexity index is 310. The van der Waals surface area contributed by atoms with Crippen LogP contribution in [0.1, 0.15) is 40.0 Å². The number of nitrogens with zero attached hydrogens (tertiary/aromatic N) is 1. The summed E-state index contributed by atoms with van der Waals surface area (Å²) in [6.07, 6.45) is 2.79. The average molecular weight is 224 g/mol. The van der Waals surface area contributed by atoms with Gasteiger partial charge in [0.1, 0.15) is 12.1 Å². The highest BCUT2D eigenvalue weighted by molar-refractivity contribution is 5.96. The largest absolute Gasteiger partial charge is 0.343 e. The molecule has 4 nitrogen and oxygen atoms in total. The van der Waals surface area contributed by atoms with Crippen LogP contribution in [0.25, 0.3) is 0 Å². The quantitative estimate of drug-likeness (QED) is 0.758. The van der Waals surface area contributed by atoms with Gasteiger partial charge in [-0.2, -0.15) is 0 Å². The molecule has 2 atom stereocenters. The zero-order valence-electron chi connectivity index (χ0n) is 10.2. The number of nitrogens with one attached hydrogen (secondary N) is 1. The van der Waals surface area contributed by atoms with Crippen molar-refractivity contribution in [1.29, 1.82) is 0 Å². The summed E-state index contributed by atoms with van der Waals surface area (Å²) in [4.78, 5) is 25.7. The first-order valence-corrected chi connectivity index (χ1v) is 6.17. The van der Waals surface area contributed by atoms with Crippen LogP contribution < -0.4 is 5.32 Å². The summed E-state index contributed by atoms with van der Waals surface area (Å²) in [6.45, 7) is 5.92. The molecule has 0 aromatic heterocycles. The summed E-state index contributed by atoms with van der Waals surface area (Å²) >= 11 is 0. The predicted octanol–water partition coefficient (Wildman–Crippen LogP) is 0.910. The highest BCUT2D eigenvalue weighted by Crippen LogP contribution is 2.34. The molecule has 2 unspecified atom stereocenters. The van der Waals surface area contributed by atoms with Crippen LogP contribution in [0.15, 0.2) is 0 Å². The third kappa shape index (κ3) is 1.70. The molecule has 1 aliphatic carbocycles. The Labute approximate surface area is 96.4 Å². The van der Waals surface area contributed by atoms with E-state index in [1.807, 2.05) is 11.8 Å². The molecule has 0 spiro atoms. The second kappa shape index (κ2) is 4.07. The molecule has 0 bridgehead atoms. The van der Waals surface area contributed by atoms with Crippen LogP contribution in [0, 0.1) is 5.92 Å². The van der Waals surface area contributed by atoms with Gasteiger partial charge in [-0.05, 0) is 32.1 Å². The Morgan fingerprint density at radius 1 is 1.31 bits per heavy atom. The number of hydrogen-bond donors (Lipinski definition) is 1. The third-order valence-corrected chi connectivity index (χ3v) is 3.75. The van der Waals surface area contributed by atoms with E-state index in [1.165, 1.54) is 0 Å². The van der Waals surface area contributed by atoms with E-state index in [0.717, 1.165) is 12.8 Å². The highest BCUT2D eigenvalue weighted by atomic mass is 16.2. The number of amides is 2. The molecule has 1 saturated carbocycles. The van der Waals surface area contributed by atoms with Crippen LogP contribution in [-0.2, 0) is 9.59 Å². The lowest BCUT2D eigenvalue weighted by Crippen LogP contribution is -2.66. The minimum Gasteiger partial charge on any atom is -0.343 e. The Hall–Kier alpha value is -1.06. The highest BCUT2D eigenvalue weighted by Gasteiger charge is 2.44. The van der Waals surface area contributed by atoms with Gasteiger partial charge in [0.2, 0.25) is 11.8 Å². The van der Waals surface area contributed by atoms with Gasteiger partial charge in [0.05, 0.1) is 0 Å². The molecule has 1 aliphatic heterocycles. The number of carbonyl (C=O) groups is 2. The van der Waals surface area contributed by atoms with Gasteiger partial charge in [-0.1, -0.05) is 13.8 Å². The molecule has 2 rings (SSSR count). The van der Waals surface area contributed by atoms with Crippen LogP contribution in [0.4, 0.5) is 0 Å². The van der Waals surface area contributed by atoms with Gasteiger partial charge >= 0.3 is 0 Å². The van der Waals surface area contributed by atoms with Crippen molar-refractivity contribution in [3.8, 4) is 0 Å². The third-order valence-electron chi connectivity index (χ3n) is 3.75. The van der Waals surface area contributed by atoms with Crippen LogP contribution in [0.5, 0.6) is 0 Å². The molecule has 2 amide bonds. The van der Waals surface area contributed by atoms with Crippen LogP contribution in [-0.4, -0.2) is 34.8 Å². The molecule has 0 radical (unpaired) electrons. The van der Waals surface area contributed by atoms with Crippen molar-refractivity contribution in [3.05, 3.63) is 0 Å². The minimum absolute atomic E-state index is 0.00848. The summed E-state index contributed by atoms with van der Waals surface area (Å²) < 4.78 is 0. The first kappa shape index (κ1) is 11.4. The van der Waals surface area contributed by atoms with Crippen molar-refractivity contribution < 1.29 is 9.59 Å². The first-order valence-electron chi connectivity index (χ1n) is 6.17. The normalized spacial score (nSPS) is 39.3. The summed E-state index contributed by atoms with van der Waals surface area (Å²) in [6, 6.07) is -0.312. The van der Waals surface area contributed by atoms with Crippen LogP contribution in [0.2, 0.25) is 0 Å². The van der Waals surface area contributed by atoms with Crippen molar-refractivity contribution in [2.45, 2.75) is 58.2 Å². The standard InChI is InChI=1S/C12H20N2O2/c1-4-10-11(15)13-8(3)12(16)14(10)9-5-7(2)6-9/h7-10H,4-6H2,1-3H3,(H,13,15). The van der Waals surface area contributed by atoms with Gasteiger partial charge in [-0.3, -0.25) is 9.59 Å². The Balaban J connectivity index is 2.16. The van der Waals surface area contributed by atoms with Gasteiger partial charge in [-0.15, -0.1) is 0 Å². The van der Waals surface area contributed by atoms with Crippen LogP contribution in [0.3, 0.4) is 0 Å². The maximum Gasteiger partial charge on any atom is 0.245 e. The lowest BCUT2D eigenvalue weighted by atomic mass is 9.79. The lowest BCUT2D eigenvalue weighted by molar-refractivity contribution is -0.155. The van der Waals surface area contributed by atoms with Gasteiger partial charge in [0.25, 0.3) is 0 Å². The average Bonchev–Trinajstić information content (AvgIpc) is 2.19. The van der Waals surface area contributed by atoms with E-state index in [2.05, 4.69) is 12.2 Å². The van der Waals surface area contributed by atoms with Crippen molar-refractivity contribution in [2.24, 2.45) is 5.92 Å². The van der Waals surface area contributed by atoms with E-state index in [9.17, 15) is 9.59 Å². The Morgan fingerprint density at radius 2 is 1.94 bits per heavy atom. The van der Waals surface area contributed by atoms with E-state index < -0.39 is 0 Å². The second-order valence-electron chi connectivity index (χ2n) is 5.13. The minimum atomic E-state index is -0.355. The van der Waals surface area contributed by atoms with Crippen molar-refractivity contribution in [2.75, 3.05) is 0 Å². The molecule has 4 heteroatoms. The molecule has 2 fully saturated rings. The van der Waals surface area contributed by atoms with Crippen molar-refractivity contribution >= 4 is 11.8 Å². The van der Waals surface area contributed by atoms with Gasteiger partial charge in [-0.25, -0.2) is 0 Å². The van der Waals surface area contributed by atoms with Crippen molar-refractivity contribution in [1.82, 2.24) is 10.2 Å². The molecular weight excluding hydrogens is 204 g/mol. The van der Waals surface area contributed by atoms with E-state index in [1.54, 1.807) is 6.92 Å². The summed E-state index contributed by atoms with van der Waals surface area (Å²) in [5, 5.41) is 2.74. The smallest absolute Gasteiger partial charge is 0.245 e. The fourth-order valence-corrected chi connectivity index (χ4v) is 2.78. The van der Waals surface area contributed by atoms with Gasteiger partial charge in [0.15, 0.2) is 0 Å². The Kier molecular flexibility index (Phi) is 2.91. The zero-order chi connectivity index (χ0) is 11.9. The molecule has 90 valence electrons. The second-order valence-corrected chi connectivity index (χ2v) is 5.13. The molecule has 1 heterocycles. The Morgan fingerprint density at radius 3 is 2.44 bits per heavy atom. The molecule has 16 heavy (non-hydrogen) atoms. The van der Waals surface area contributed by atoms with E-state index in [4.69, 9.17) is 0 Å². The fourth-order valence-electron chi connectivity index (χ4n) is 2.78. The SMILES string of the molecule is CCC1C(=O)NC(C)C(=O)N1C1CC(C)C1. The van der Waals surface area contributed by atoms with E-state index >= 15 is 0 Å². The lowest BCUT2D eigenvalue weighted by Gasteiger charge is -2.48. The van der Waals surface area contributed by atoms with Gasteiger partial charge in [0, 0.05) is 6.04 Å². The molecular formula is C12H20N2O2. The summed E-state index contributed by atoms with van der Waals surface area (Å²) in [7, 11) is 0. The van der Waals surface area contributed by atoms with E-state index in [0.29, 0.717) is 18.4 Å². The summed E-state index contributed by atoms with van der Waals surface area (Å²) in [5.41, 5.74) is 0. The molecule has 1 saturated heterocycles. The zero-order valence-corrected chi connectivity index (χ0v) is 10.2. The maximum absolute atomic E-state index is 12.1.